The standard InChI is InChI=1S/C11H15N5OS/c1-16(7-8-4-3-5-17-8)10-6-9(15-12)13-11(14-10)18-2/h3-6H,7,12H2,1-2H3,(H,13,14,15). The molecule has 0 aliphatic rings. The number of furan rings is 1. The number of nitrogen functional groups attached to an aromatic ring is 1. The van der Waals surface area contributed by atoms with Crippen LogP contribution < -0.4 is 16.2 Å². The van der Waals surface area contributed by atoms with E-state index in [9.17, 15) is 0 Å². The number of hydrogen-bond acceptors (Lipinski definition) is 7. The van der Waals surface area contributed by atoms with Gasteiger partial charge in [-0.3, -0.25) is 0 Å². The third-order valence-corrected chi connectivity index (χ3v) is 2.93. The maximum absolute atomic E-state index is 5.39. The Kier molecular flexibility index (Phi) is 4.06. The summed E-state index contributed by atoms with van der Waals surface area (Å²) in [6.45, 7) is 0.641. The summed E-state index contributed by atoms with van der Waals surface area (Å²) in [6.07, 6.45) is 3.58. The highest BCUT2D eigenvalue weighted by Crippen LogP contribution is 2.20. The molecule has 7 heteroatoms. The fourth-order valence-corrected chi connectivity index (χ4v) is 1.87. The van der Waals surface area contributed by atoms with E-state index in [1.54, 1.807) is 12.3 Å². The Morgan fingerprint density at radius 2 is 2.33 bits per heavy atom. The van der Waals surface area contributed by atoms with Gasteiger partial charge in [-0.15, -0.1) is 0 Å². The minimum absolute atomic E-state index is 0.593. The molecule has 0 atom stereocenters. The molecule has 3 N–H and O–H groups in total. The van der Waals surface area contributed by atoms with E-state index >= 15 is 0 Å². The van der Waals surface area contributed by atoms with Gasteiger partial charge < -0.3 is 14.7 Å². The van der Waals surface area contributed by atoms with Crippen molar-refractivity contribution in [3.8, 4) is 0 Å². The number of rotatable bonds is 5. The first-order chi connectivity index (χ1) is 8.72. The van der Waals surface area contributed by atoms with Gasteiger partial charge >= 0.3 is 0 Å². The monoisotopic (exact) mass is 265 g/mol. The predicted molar refractivity (Wildman–Crippen MR) is 72.4 cm³/mol. The lowest BCUT2D eigenvalue weighted by Gasteiger charge is -2.17. The minimum atomic E-state index is 0.593. The maximum atomic E-state index is 5.39. The third kappa shape index (κ3) is 2.93. The molecular formula is C11H15N5OS. The molecule has 0 unspecified atom stereocenters. The van der Waals surface area contributed by atoms with E-state index in [1.807, 2.05) is 30.3 Å². The Labute approximate surface area is 110 Å². The van der Waals surface area contributed by atoms with Gasteiger partial charge in [0.05, 0.1) is 12.8 Å². The van der Waals surface area contributed by atoms with Crippen LogP contribution in [0.25, 0.3) is 0 Å². The lowest BCUT2D eigenvalue weighted by Crippen LogP contribution is -2.19. The largest absolute Gasteiger partial charge is 0.467 e. The van der Waals surface area contributed by atoms with Crippen molar-refractivity contribution in [2.75, 3.05) is 23.6 Å². The molecule has 0 spiro atoms. The molecule has 0 aromatic carbocycles. The summed E-state index contributed by atoms with van der Waals surface area (Å²) in [7, 11) is 1.94. The summed E-state index contributed by atoms with van der Waals surface area (Å²) in [4.78, 5) is 10.6. The zero-order chi connectivity index (χ0) is 13.0. The van der Waals surface area contributed by atoms with Crippen LogP contribution in [0.5, 0.6) is 0 Å². The number of nitrogens with zero attached hydrogens (tertiary/aromatic N) is 3. The van der Waals surface area contributed by atoms with Gasteiger partial charge in [-0.05, 0) is 18.4 Å². The summed E-state index contributed by atoms with van der Waals surface area (Å²) >= 11 is 1.47. The number of nitrogens with two attached hydrogens (primary N) is 1. The van der Waals surface area contributed by atoms with Gasteiger partial charge in [-0.1, -0.05) is 11.8 Å². The average Bonchev–Trinajstić information content (AvgIpc) is 2.90. The van der Waals surface area contributed by atoms with Gasteiger partial charge in [0.25, 0.3) is 0 Å². The van der Waals surface area contributed by atoms with Crippen molar-refractivity contribution >= 4 is 23.4 Å². The number of hydrogen-bond donors (Lipinski definition) is 2. The molecule has 2 aromatic rings. The van der Waals surface area contributed by atoms with Gasteiger partial charge in [-0.25, -0.2) is 15.8 Å². The van der Waals surface area contributed by atoms with Gasteiger partial charge in [0, 0.05) is 13.1 Å². The van der Waals surface area contributed by atoms with Crippen LogP contribution in [0.3, 0.4) is 0 Å². The first-order valence-electron chi connectivity index (χ1n) is 5.36. The van der Waals surface area contributed by atoms with Crippen molar-refractivity contribution in [2.45, 2.75) is 11.7 Å². The lowest BCUT2D eigenvalue weighted by molar-refractivity contribution is 0.506. The van der Waals surface area contributed by atoms with Crippen LogP contribution in [0.2, 0.25) is 0 Å². The van der Waals surface area contributed by atoms with E-state index < -0.39 is 0 Å². The van der Waals surface area contributed by atoms with Crippen molar-refractivity contribution in [1.29, 1.82) is 0 Å². The molecule has 2 heterocycles. The van der Waals surface area contributed by atoms with E-state index in [-0.39, 0.29) is 0 Å². The Balaban J connectivity index is 2.20. The van der Waals surface area contributed by atoms with Gasteiger partial charge in [0.15, 0.2) is 5.16 Å². The predicted octanol–water partition coefficient (Wildman–Crippen LogP) is 1.71. The zero-order valence-corrected chi connectivity index (χ0v) is 11.1. The number of thioether (sulfide) groups is 1. The van der Waals surface area contributed by atoms with Crippen molar-refractivity contribution in [3.05, 3.63) is 30.2 Å². The highest BCUT2D eigenvalue weighted by Gasteiger charge is 2.09. The molecule has 0 radical (unpaired) electrons. The van der Waals surface area contributed by atoms with Crippen LogP contribution in [-0.4, -0.2) is 23.3 Å². The van der Waals surface area contributed by atoms with Crippen molar-refractivity contribution < 1.29 is 4.42 Å². The second kappa shape index (κ2) is 5.74. The SMILES string of the molecule is CSc1nc(NN)cc(N(C)Cc2ccco2)n1. The van der Waals surface area contributed by atoms with Crippen LogP contribution in [0, 0.1) is 0 Å². The van der Waals surface area contributed by atoms with Gasteiger partial charge in [0.2, 0.25) is 0 Å². The minimum Gasteiger partial charge on any atom is -0.467 e. The van der Waals surface area contributed by atoms with E-state index in [4.69, 9.17) is 10.3 Å². The molecule has 0 amide bonds. The first kappa shape index (κ1) is 12.7. The van der Waals surface area contributed by atoms with Gasteiger partial charge in [-0.2, -0.15) is 0 Å². The maximum Gasteiger partial charge on any atom is 0.191 e. The summed E-state index contributed by atoms with van der Waals surface area (Å²) in [6, 6.07) is 5.58. The summed E-state index contributed by atoms with van der Waals surface area (Å²) in [5.41, 5.74) is 2.54. The molecule has 96 valence electrons. The second-order valence-electron chi connectivity index (χ2n) is 3.68. The van der Waals surface area contributed by atoms with Crippen LogP contribution in [-0.2, 0) is 6.54 Å². The molecule has 6 nitrogen and oxygen atoms in total. The van der Waals surface area contributed by atoms with E-state index in [2.05, 4.69) is 15.4 Å². The van der Waals surface area contributed by atoms with Crippen molar-refractivity contribution in [3.63, 3.8) is 0 Å². The van der Waals surface area contributed by atoms with Crippen LogP contribution in [0.1, 0.15) is 5.76 Å². The number of hydrazine groups is 1. The van der Waals surface area contributed by atoms with Gasteiger partial charge in [0.1, 0.15) is 17.4 Å². The fourth-order valence-electron chi connectivity index (χ4n) is 1.49. The molecule has 18 heavy (non-hydrogen) atoms. The van der Waals surface area contributed by atoms with Crippen LogP contribution in [0.4, 0.5) is 11.6 Å². The lowest BCUT2D eigenvalue weighted by atomic mass is 10.4. The highest BCUT2D eigenvalue weighted by atomic mass is 32.2. The Bertz CT molecular complexity index is 480. The second-order valence-corrected chi connectivity index (χ2v) is 4.45. The average molecular weight is 265 g/mol. The van der Waals surface area contributed by atoms with E-state index in [0.29, 0.717) is 17.5 Å². The number of anilines is 2. The Morgan fingerprint density at radius 1 is 1.50 bits per heavy atom. The molecule has 0 saturated carbocycles. The zero-order valence-electron chi connectivity index (χ0n) is 10.3. The quantitative estimate of drug-likeness (QED) is 0.368. The number of aromatic nitrogens is 2. The topological polar surface area (TPSA) is 80.2 Å². The van der Waals surface area contributed by atoms with Crippen molar-refractivity contribution in [1.82, 2.24) is 9.97 Å². The van der Waals surface area contributed by atoms with E-state index in [1.165, 1.54) is 11.8 Å². The molecule has 0 aliphatic heterocycles. The highest BCUT2D eigenvalue weighted by molar-refractivity contribution is 7.98. The smallest absolute Gasteiger partial charge is 0.191 e. The molecule has 0 fully saturated rings. The summed E-state index contributed by atoms with van der Waals surface area (Å²) < 4.78 is 5.31. The molecule has 0 bridgehead atoms. The molecule has 2 rings (SSSR count). The third-order valence-electron chi connectivity index (χ3n) is 2.39. The molecule has 0 aliphatic carbocycles. The Hall–Kier alpha value is -1.73. The molecular weight excluding hydrogens is 250 g/mol. The van der Waals surface area contributed by atoms with Crippen molar-refractivity contribution in [2.24, 2.45) is 5.84 Å². The fraction of sp³-hybridized carbons (Fsp3) is 0.273. The van der Waals surface area contributed by atoms with Crippen LogP contribution in [0.15, 0.2) is 34.0 Å². The first-order valence-corrected chi connectivity index (χ1v) is 6.58. The summed E-state index contributed by atoms with van der Waals surface area (Å²) in [5.74, 6) is 7.65. The number of nitrogens with one attached hydrogen (secondary N) is 1. The van der Waals surface area contributed by atoms with E-state index in [0.717, 1.165) is 11.6 Å². The normalized spacial score (nSPS) is 10.4. The molecule has 2 aromatic heterocycles. The summed E-state index contributed by atoms with van der Waals surface area (Å²) in [5, 5.41) is 0.673. The molecule has 0 saturated heterocycles. The van der Waals surface area contributed by atoms with Crippen LogP contribution >= 0.6 is 11.8 Å². The Morgan fingerprint density at radius 3 is 2.94 bits per heavy atom.